The van der Waals surface area contributed by atoms with Gasteiger partial charge >= 0.3 is 0 Å². The lowest BCUT2D eigenvalue weighted by atomic mass is 10.1. The van der Waals surface area contributed by atoms with E-state index in [1.807, 2.05) is 13.0 Å². The number of nitro benzene ring substituents is 1. The molecule has 0 atom stereocenters. The minimum absolute atomic E-state index is 0.140. The molecule has 0 spiro atoms. The van der Waals surface area contributed by atoms with Crippen LogP contribution in [0.1, 0.15) is 10.4 Å². The molecule has 1 fully saturated rings. The Labute approximate surface area is 155 Å². The summed E-state index contributed by atoms with van der Waals surface area (Å²) in [5.41, 5.74) is 2.14. The third-order valence-electron chi connectivity index (χ3n) is 4.74. The third kappa shape index (κ3) is 2.96. The van der Waals surface area contributed by atoms with E-state index in [-0.39, 0.29) is 10.6 Å². The van der Waals surface area contributed by atoms with Crippen LogP contribution in [0.4, 0.5) is 17.2 Å². The Balaban J connectivity index is 1.53. The molecule has 8 heteroatoms. The zero-order valence-electron chi connectivity index (χ0n) is 14.7. The second-order valence-corrected chi connectivity index (χ2v) is 7.71. The lowest BCUT2D eigenvalue weighted by Gasteiger charge is -2.37. The summed E-state index contributed by atoms with van der Waals surface area (Å²) in [5.74, 6) is 0.999. The second kappa shape index (κ2) is 6.53. The molecule has 134 valence electrons. The molecule has 1 aromatic carbocycles. The lowest BCUT2D eigenvalue weighted by molar-refractivity contribution is -0.384. The monoisotopic (exact) mass is 369 g/mol. The van der Waals surface area contributed by atoms with Crippen molar-refractivity contribution in [3.63, 3.8) is 0 Å². The normalized spacial score (nSPS) is 14.8. The molecule has 7 nitrogen and oxygen atoms in total. The highest BCUT2D eigenvalue weighted by atomic mass is 32.1. The number of hydrogen-bond donors (Lipinski definition) is 0. The Morgan fingerprint density at radius 1 is 1.08 bits per heavy atom. The van der Waals surface area contributed by atoms with Gasteiger partial charge in [0.1, 0.15) is 17.0 Å². The molecule has 0 unspecified atom stereocenters. The van der Waals surface area contributed by atoms with Crippen molar-refractivity contribution >= 4 is 38.7 Å². The standard InChI is InChI=1S/C18H19N5O2S/c1-12-9-14(23(24)25)3-4-16(12)21-5-7-22(8-6-21)17-15-10-13(2)26-18(15)20-11-19-17/h3-4,9-11H,5-8H2,1-2H3. The highest BCUT2D eigenvalue weighted by Crippen LogP contribution is 2.31. The molecule has 1 aliphatic rings. The molecule has 4 rings (SSSR count). The van der Waals surface area contributed by atoms with E-state index in [1.165, 1.54) is 4.88 Å². The summed E-state index contributed by atoms with van der Waals surface area (Å²) >= 11 is 1.69. The van der Waals surface area contributed by atoms with Gasteiger partial charge in [0.25, 0.3) is 5.69 Å². The minimum Gasteiger partial charge on any atom is -0.368 e. The molecule has 0 bridgehead atoms. The molecule has 0 N–H and O–H groups in total. The molecule has 0 amide bonds. The largest absolute Gasteiger partial charge is 0.368 e. The first-order chi connectivity index (χ1) is 12.5. The van der Waals surface area contributed by atoms with Gasteiger partial charge in [0.2, 0.25) is 0 Å². The van der Waals surface area contributed by atoms with Gasteiger partial charge in [0.15, 0.2) is 0 Å². The Bertz CT molecular complexity index is 979. The second-order valence-electron chi connectivity index (χ2n) is 6.48. The van der Waals surface area contributed by atoms with Crippen molar-refractivity contribution in [2.24, 2.45) is 0 Å². The summed E-state index contributed by atoms with van der Waals surface area (Å²) in [6.07, 6.45) is 1.64. The first-order valence-corrected chi connectivity index (χ1v) is 9.30. The van der Waals surface area contributed by atoms with Crippen molar-refractivity contribution < 1.29 is 4.92 Å². The number of piperazine rings is 1. The van der Waals surface area contributed by atoms with Crippen LogP contribution in [0.2, 0.25) is 0 Å². The lowest BCUT2D eigenvalue weighted by Crippen LogP contribution is -2.47. The average molecular weight is 369 g/mol. The summed E-state index contributed by atoms with van der Waals surface area (Å²) in [4.78, 5) is 26.3. The highest BCUT2D eigenvalue weighted by Gasteiger charge is 2.22. The number of aryl methyl sites for hydroxylation is 2. The molecule has 1 aliphatic heterocycles. The van der Waals surface area contributed by atoms with Gasteiger partial charge < -0.3 is 9.80 Å². The van der Waals surface area contributed by atoms with Crippen LogP contribution in [-0.4, -0.2) is 41.1 Å². The van der Waals surface area contributed by atoms with Crippen LogP contribution in [0.3, 0.4) is 0 Å². The van der Waals surface area contributed by atoms with E-state index in [0.717, 1.165) is 53.5 Å². The van der Waals surface area contributed by atoms with Gasteiger partial charge in [-0.2, -0.15) is 0 Å². The van der Waals surface area contributed by atoms with Crippen LogP contribution >= 0.6 is 11.3 Å². The van der Waals surface area contributed by atoms with Gasteiger partial charge in [-0.05, 0) is 31.5 Å². The number of non-ortho nitro benzene ring substituents is 1. The van der Waals surface area contributed by atoms with Gasteiger partial charge in [-0.1, -0.05) is 0 Å². The van der Waals surface area contributed by atoms with Crippen molar-refractivity contribution in [1.29, 1.82) is 0 Å². The van der Waals surface area contributed by atoms with Crippen molar-refractivity contribution in [3.8, 4) is 0 Å². The van der Waals surface area contributed by atoms with E-state index in [2.05, 4.69) is 32.8 Å². The zero-order chi connectivity index (χ0) is 18.3. The quantitative estimate of drug-likeness (QED) is 0.519. The first-order valence-electron chi connectivity index (χ1n) is 8.49. The first kappa shape index (κ1) is 16.7. The summed E-state index contributed by atoms with van der Waals surface area (Å²) < 4.78 is 0. The molecule has 0 aliphatic carbocycles. The van der Waals surface area contributed by atoms with Gasteiger partial charge in [0.05, 0.1) is 10.3 Å². The van der Waals surface area contributed by atoms with Crippen molar-refractivity contribution in [2.75, 3.05) is 36.0 Å². The number of rotatable bonds is 3. The van der Waals surface area contributed by atoms with Gasteiger partial charge in [-0.3, -0.25) is 10.1 Å². The average Bonchev–Trinajstić information content (AvgIpc) is 3.02. The van der Waals surface area contributed by atoms with E-state index in [9.17, 15) is 10.1 Å². The molecule has 2 aromatic heterocycles. The van der Waals surface area contributed by atoms with Crippen LogP contribution in [0.5, 0.6) is 0 Å². The number of nitrogens with zero attached hydrogens (tertiary/aromatic N) is 5. The molecule has 0 radical (unpaired) electrons. The third-order valence-corrected chi connectivity index (χ3v) is 5.70. The Morgan fingerprint density at radius 2 is 1.81 bits per heavy atom. The maximum Gasteiger partial charge on any atom is 0.269 e. The Morgan fingerprint density at radius 3 is 2.50 bits per heavy atom. The fraction of sp³-hybridized carbons (Fsp3) is 0.333. The predicted octanol–water partition coefficient (Wildman–Crippen LogP) is 3.54. The number of thiophene rings is 1. The fourth-order valence-electron chi connectivity index (χ4n) is 3.48. The number of hydrogen-bond acceptors (Lipinski definition) is 7. The maximum absolute atomic E-state index is 10.9. The van der Waals surface area contributed by atoms with Crippen LogP contribution in [-0.2, 0) is 0 Å². The zero-order valence-corrected chi connectivity index (χ0v) is 15.5. The Hall–Kier alpha value is -2.74. The maximum atomic E-state index is 10.9. The molecular weight excluding hydrogens is 350 g/mol. The molecular formula is C18H19N5O2S. The van der Waals surface area contributed by atoms with Crippen LogP contribution < -0.4 is 9.80 Å². The molecule has 0 saturated carbocycles. The summed E-state index contributed by atoms with van der Waals surface area (Å²) in [5, 5.41) is 12.0. The van der Waals surface area contributed by atoms with Gasteiger partial charge in [0, 0.05) is 48.9 Å². The predicted molar refractivity (Wildman–Crippen MR) is 104 cm³/mol. The number of fused-ring (bicyclic) bond motifs is 1. The fourth-order valence-corrected chi connectivity index (χ4v) is 4.32. The number of aromatic nitrogens is 2. The van der Waals surface area contributed by atoms with E-state index in [0.29, 0.717) is 0 Å². The van der Waals surface area contributed by atoms with E-state index >= 15 is 0 Å². The van der Waals surface area contributed by atoms with Crippen LogP contribution in [0.15, 0.2) is 30.6 Å². The summed E-state index contributed by atoms with van der Waals surface area (Å²) in [7, 11) is 0. The van der Waals surface area contributed by atoms with E-state index in [4.69, 9.17) is 0 Å². The van der Waals surface area contributed by atoms with E-state index < -0.39 is 0 Å². The SMILES string of the molecule is Cc1cc2c(N3CCN(c4ccc([N+](=O)[O-])cc4C)CC3)ncnc2s1. The van der Waals surface area contributed by atoms with Crippen molar-refractivity contribution in [1.82, 2.24) is 9.97 Å². The highest BCUT2D eigenvalue weighted by molar-refractivity contribution is 7.18. The minimum atomic E-state index is -0.349. The number of nitro groups is 1. The molecule has 1 saturated heterocycles. The molecule has 3 aromatic rings. The van der Waals surface area contributed by atoms with Crippen molar-refractivity contribution in [2.45, 2.75) is 13.8 Å². The van der Waals surface area contributed by atoms with Crippen molar-refractivity contribution in [3.05, 3.63) is 51.1 Å². The Kier molecular flexibility index (Phi) is 4.20. The molecule has 3 heterocycles. The summed E-state index contributed by atoms with van der Waals surface area (Å²) in [6.45, 7) is 7.44. The van der Waals surface area contributed by atoms with Gasteiger partial charge in [-0.25, -0.2) is 9.97 Å². The van der Waals surface area contributed by atoms with E-state index in [1.54, 1.807) is 29.8 Å². The number of anilines is 2. The molecule has 26 heavy (non-hydrogen) atoms. The smallest absolute Gasteiger partial charge is 0.269 e. The van der Waals surface area contributed by atoms with Gasteiger partial charge in [-0.15, -0.1) is 11.3 Å². The topological polar surface area (TPSA) is 75.4 Å². The summed E-state index contributed by atoms with van der Waals surface area (Å²) in [6, 6.07) is 7.23. The number of benzene rings is 1. The van der Waals surface area contributed by atoms with Crippen LogP contribution in [0, 0.1) is 24.0 Å². The van der Waals surface area contributed by atoms with Crippen LogP contribution in [0.25, 0.3) is 10.2 Å².